The van der Waals surface area contributed by atoms with Crippen molar-refractivity contribution in [1.82, 2.24) is 19.1 Å². The van der Waals surface area contributed by atoms with Crippen LogP contribution in [0.1, 0.15) is 105 Å². The number of fused-ring (bicyclic) bond motifs is 10. The van der Waals surface area contributed by atoms with Gasteiger partial charge in [0.2, 0.25) is 0 Å². The van der Waals surface area contributed by atoms with Crippen molar-refractivity contribution >= 4 is 66.7 Å². The molecule has 5 heteroatoms. The zero-order chi connectivity index (χ0) is 46.7. The zero-order valence-electron chi connectivity index (χ0n) is 41.1. The van der Waals surface area contributed by atoms with Crippen LogP contribution < -0.4 is 16.4 Å². The lowest BCUT2D eigenvalue weighted by Gasteiger charge is -2.35. The van der Waals surface area contributed by atoms with Crippen LogP contribution in [0.15, 0.2) is 140 Å². The standard InChI is InChI=1S/C62H59BN4/c1-59(2,3)39-23-25-51-43(29-39)45-31-41(61(7,8)9)33-47-56(45)66(51)53-27-38(58-64-49(36-19-15-13-16-20-36)35-50(65-58)37-21-17-14-18-22-37)28-54-55(53)63(47)48-34-42(62(10,11)12)32-46-44-30-40(60(4,5)6)24-26-52(44)67(54)57(46)48/h13-35H,1-12H3. The van der Waals surface area contributed by atoms with Crippen molar-refractivity contribution in [2.75, 3.05) is 0 Å². The predicted octanol–water partition coefficient (Wildman–Crippen LogP) is 14.0. The molecule has 0 saturated heterocycles. The van der Waals surface area contributed by atoms with Crippen molar-refractivity contribution < 1.29 is 0 Å². The molecule has 67 heavy (non-hydrogen) atoms. The van der Waals surface area contributed by atoms with Crippen LogP contribution in [-0.2, 0) is 21.7 Å². The van der Waals surface area contributed by atoms with Crippen LogP contribution in [0.4, 0.5) is 0 Å². The van der Waals surface area contributed by atoms with Gasteiger partial charge in [-0.15, -0.1) is 0 Å². The van der Waals surface area contributed by atoms with Crippen LogP contribution in [0.2, 0.25) is 0 Å². The molecule has 0 atom stereocenters. The van der Waals surface area contributed by atoms with Gasteiger partial charge in [-0.2, -0.15) is 0 Å². The van der Waals surface area contributed by atoms with Gasteiger partial charge in [0.15, 0.2) is 5.82 Å². The van der Waals surface area contributed by atoms with Gasteiger partial charge in [-0.3, -0.25) is 0 Å². The summed E-state index contributed by atoms with van der Waals surface area (Å²) < 4.78 is 5.21. The van der Waals surface area contributed by atoms with E-state index >= 15 is 0 Å². The third-order valence-electron chi connectivity index (χ3n) is 14.9. The Balaban J connectivity index is 1.28. The Kier molecular flexibility index (Phi) is 8.66. The smallest absolute Gasteiger partial charge is 0.252 e. The fourth-order valence-electron chi connectivity index (χ4n) is 11.1. The minimum Gasteiger partial charge on any atom is -0.310 e. The quantitative estimate of drug-likeness (QED) is 0.166. The van der Waals surface area contributed by atoms with Gasteiger partial charge in [-0.1, -0.05) is 168 Å². The first-order chi connectivity index (χ1) is 31.7. The maximum Gasteiger partial charge on any atom is 0.252 e. The molecule has 0 N–H and O–H groups in total. The fraction of sp³-hybridized carbons (Fsp3) is 0.258. The number of benzene rings is 7. The lowest BCUT2D eigenvalue weighted by molar-refractivity contribution is 0.590. The molecule has 2 aliphatic rings. The highest BCUT2D eigenvalue weighted by Gasteiger charge is 2.43. The number of hydrogen-bond donors (Lipinski definition) is 0. The summed E-state index contributed by atoms with van der Waals surface area (Å²) in [5.41, 5.74) is 21.7. The van der Waals surface area contributed by atoms with Gasteiger partial charge in [-0.25, -0.2) is 9.97 Å². The van der Waals surface area contributed by atoms with Gasteiger partial charge in [0.1, 0.15) is 0 Å². The highest BCUT2D eigenvalue weighted by atomic mass is 15.0. The number of rotatable bonds is 3. The summed E-state index contributed by atoms with van der Waals surface area (Å²) in [6.45, 7) is 28.2. The van der Waals surface area contributed by atoms with E-state index in [-0.39, 0.29) is 28.4 Å². The van der Waals surface area contributed by atoms with E-state index in [0.717, 1.165) is 28.1 Å². The molecule has 0 amide bonds. The van der Waals surface area contributed by atoms with E-state index in [1.54, 1.807) is 0 Å². The third-order valence-corrected chi connectivity index (χ3v) is 14.9. The zero-order valence-corrected chi connectivity index (χ0v) is 41.1. The number of aromatic nitrogens is 4. The van der Waals surface area contributed by atoms with E-state index < -0.39 is 0 Å². The molecule has 0 spiro atoms. The Morgan fingerprint density at radius 1 is 0.373 bits per heavy atom. The molecule has 0 bridgehead atoms. The lowest BCUT2D eigenvalue weighted by Crippen LogP contribution is -2.59. The summed E-state index contributed by atoms with van der Waals surface area (Å²) in [4.78, 5) is 10.9. The van der Waals surface area contributed by atoms with Crippen molar-refractivity contribution in [2.24, 2.45) is 0 Å². The van der Waals surface area contributed by atoms with Crippen LogP contribution in [0, 0.1) is 0 Å². The van der Waals surface area contributed by atoms with Gasteiger partial charge in [-0.05, 0) is 115 Å². The van der Waals surface area contributed by atoms with Crippen LogP contribution in [0.25, 0.3) is 88.9 Å². The maximum absolute atomic E-state index is 5.47. The molecule has 0 unspecified atom stereocenters. The molecule has 0 aliphatic carbocycles. The summed E-state index contributed by atoms with van der Waals surface area (Å²) in [5, 5.41) is 5.24. The van der Waals surface area contributed by atoms with Crippen LogP contribution in [0.5, 0.6) is 0 Å². The van der Waals surface area contributed by atoms with Crippen molar-refractivity contribution in [3.63, 3.8) is 0 Å². The molecule has 3 aromatic heterocycles. The second-order valence-electron chi connectivity index (χ2n) is 23.6. The van der Waals surface area contributed by atoms with Crippen molar-refractivity contribution in [1.29, 1.82) is 0 Å². The van der Waals surface area contributed by atoms with E-state index in [1.807, 2.05) is 0 Å². The van der Waals surface area contributed by atoms with Crippen LogP contribution in [-0.4, -0.2) is 25.8 Å². The molecule has 4 nitrogen and oxygen atoms in total. The molecule has 0 saturated carbocycles. The third kappa shape index (κ3) is 6.33. The molecule has 330 valence electrons. The highest BCUT2D eigenvalue weighted by molar-refractivity contribution is 7.00. The van der Waals surface area contributed by atoms with Crippen molar-refractivity contribution in [2.45, 2.75) is 105 Å². The van der Waals surface area contributed by atoms with Crippen molar-refractivity contribution in [3.05, 3.63) is 162 Å². The molecule has 12 rings (SSSR count). The topological polar surface area (TPSA) is 35.6 Å². The Bertz CT molecular complexity index is 3470. The summed E-state index contributed by atoms with van der Waals surface area (Å²) in [5.74, 6) is 0.712. The molecule has 7 aromatic carbocycles. The lowest BCUT2D eigenvalue weighted by atomic mass is 9.34. The number of hydrogen-bond acceptors (Lipinski definition) is 2. The van der Waals surface area contributed by atoms with Gasteiger partial charge in [0, 0.05) is 60.6 Å². The van der Waals surface area contributed by atoms with Crippen LogP contribution in [0.3, 0.4) is 0 Å². The second kappa shape index (κ2) is 13.9. The Morgan fingerprint density at radius 3 is 1.15 bits per heavy atom. The second-order valence-corrected chi connectivity index (χ2v) is 23.6. The SMILES string of the molecule is CC(C)(C)c1ccc2c(c1)c1cc(C(C)(C)C)cc3c1n2-c1cc(-c2nc(-c4ccccc4)cc(-c4ccccc4)n2)cc2c1B3c1cc(C(C)(C)C)cc3c4cc(C(C)(C)C)ccc4n-2c13. The molecule has 0 fully saturated rings. The number of nitrogens with zero attached hydrogens (tertiary/aromatic N) is 4. The first-order valence-electron chi connectivity index (χ1n) is 24.2. The molecular formula is C62H59BN4. The minimum absolute atomic E-state index is 0.00895. The molecule has 0 radical (unpaired) electrons. The Morgan fingerprint density at radius 2 is 0.761 bits per heavy atom. The van der Waals surface area contributed by atoms with E-state index in [0.29, 0.717) is 5.82 Å². The average Bonchev–Trinajstić information content (AvgIpc) is 3.81. The maximum atomic E-state index is 5.47. The first kappa shape index (κ1) is 41.7. The molecule has 2 aliphatic heterocycles. The Hall–Kier alpha value is -6.72. The molecular weight excluding hydrogens is 812 g/mol. The van der Waals surface area contributed by atoms with Gasteiger partial charge < -0.3 is 9.13 Å². The molecule has 5 heterocycles. The summed E-state index contributed by atoms with van der Waals surface area (Å²) in [6.07, 6.45) is 0. The predicted molar refractivity (Wildman–Crippen MR) is 286 cm³/mol. The Labute approximate surface area is 395 Å². The summed E-state index contributed by atoms with van der Waals surface area (Å²) in [6, 6.07) is 52.7. The monoisotopic (exact) mass is 870 g/mol. The summed E-state index contributed by atoms with van der Waals surface area (Å²) >= 11 is 0. The van der Waals surface area contributed by atoms with E-state index in [1.165, 1.54) is 93.6 Å². The minimum atomic E-state index is -0.0687. The van der Waals surface area contributed by atoms with Crippen LogP contribution >= 0.6 is 0 Å². The van der Waals surface area contributed by atoms with Gasteiger partial charge >= 0.3 is 0 Å². The normalized spacial score (nSPS) is 13.6. The fourth-order valence-corrected chi connectivity index (χ4v) is 11.1. The van der Waals surface area contributed by atoms with Gasteiger partial charge in [0.25, 0.3) is 6.71 Å². The van der Waals surface area contributed by atoms with E-state index in [9.17, 15) is 0 Å². The largest absolute Gasteiger partial charge is 0.310 e. The van der Waals surface area contributed by atoms with E-state index in [2.05, 4.69) is 232 Å². The highest BCUT2D eigenvalue weighted by Crippen LogP contribution is 2.44. The van der Waals surface area contributed by atoms with Gasteiger partial charge in [0.05, 0.1) is 22.4 Å². The first-order valence-corrected chi connectivity index (χ1v) is 24.2. The van der Waals surface area contributed by atoms with Crippen molar-refractivity contribution in [3.8, 4) is 45.3 Å². The van der Waals surface area contributed by atoms with E-state index in [4.69, 9.17) is 9.97 Å². The molecule has 10 aromatic rings. The summed E-state index contributed by atoms with van der Waals surface area (Å²) in [7, 11) is 0. The average molecular weight is 871 g/mol.